The highest BCUT2D eigenvalue weighted by atomic mass is 35.5. The summed E-state index contributed by atoms with van der Waals surface area (Å²) in [6, 6.07) is 16.4. The van der Waals surface area contributed by atoms with Crippen LogP contribution in [0.4, 0.5) is 4.79 Å². The van der Waals surface area contributed by atoms with Gasteiger partial charge < -0.3 is 15.4 Å². The van der Waals surface area contributed by atoms with Crippen LogP contribution in [0.5, 0.6) is 0 Å². The first kappa shape index (κ1) is 42.9. The maximum Gasteiger partial charge on any atom is 0.535 e. The average Bonchev–Trinajstić information content (AvgIpc) is 3.17. The fraction of sp³-hybridized carbons (Fsp3) is 0.450. The summed E-state index contributed by atoms with van der Waals surface area (Å²) in [6.45, 7) is 4.30. The second-order valence-electron chi connectivity index (χ2n) is 14.2. The Hall–Kier alpha value is -4.21. The van der Waals surface area contributed by atoms with Gasteiger partial charge in [0.15, 0.2) is 5.84 Å². The highest BCUT2D eigenvalue weighted by Crippen LogP contribution is 2.48. The molecule has 0 bridgehead atoms. The number of sulfonamides is 1. The third-order valence-corrected chi connectivity index (χ3v) is 11.5. The van der Waals surface area contributed by atoms with Crippen LogP contribution in [-0.4, -0.2) is 62.1 Å². The van der Waals surface area contributed by atoms with Crippen molar-refractivity contribution < 1.29 is 37.2 Å². The molecule has 1 saturated carbocycles. The van der Waals surface area contributed by atoms with Gasteiger partial charge >= 0.3 is 6.16 Å². The largest absolute Gasteiger partial charge is 0.535 e. The molecule has 56 heavy (non-hydrogen) atoms. The van der Waals surface area contributed by atoms with Crippen molar-refractivity contribution in [1.82, 2.24) is 15.1 Å². The lowest BCUT2D eigenvalue weighted by Crippen LogP contribution is -2.59. The summed E-state index contributed by atoms with van der Waals surface area (Å²) >= 11 is 13.1. The minimum Gasteiger partial charge on any atom is -0.432 e. The van der Waals surface area contributed by atoms with E-state index in [0.29, 0.717) is 45.7 Å². The van der Waals surface area contributed by atoms with Crippen molar-refractivity contribution in [3.63, 3.8) is 0 Å². The molecule has 1 heterocycles. The lowest BCUT2D eigenvalue weighted by Gasteiger charge is -2.49. The first-order valence-corrected chi connectivity index (χ1v) is 21.5. The quantitative estimate of drug-likeness (QED) is 0.0437. The summed E-state index contributed by atoms with van der Waals surface area (Å²) in [7, 11) is -3.64. The van der Waals surface area contributed by atoms with Gasteiger partial charge in [0, 0.05) is 33.3 Å². The number of amidine groups is 1. The van der Waals surface area contributed by atoms with Crippen LogP contribution in [0.25, 0.3) is 0 Å². The minimum absolute atomic E-state index is 0.0662. The Bertz CT molecular complexity index is 2020. The second-order valence-corrected chi connectivity index (χ2v) is 16.9. The number of carbonyl (C=O) groups excluding carboxylic acids is 3. The van der Waals surface area contributed by atoms with E-state index in [0.717, 1.165) is 44.8 Å². The molecule has 4 N–H and O–H groups in total. The molecular weight excluding hydrogens is 781 g/mol. The zero-order valence-corrected chi connectivity index (χ0v) is 34.0. The molecule has 1 fully saturated rings. The molecule has 1 aliphatic heterocycles. The monoisotopic (exact) mass is 829 g/mol. The number of rotatable bonds is 16. The molecule has 0 radical (unpaired) electrons. The van der Waals surface area contributed by atoms with Crippen molar-refractivity contribution in [1.29, 1.82) is 0 Å². The zero-order valence-electron chi connectivity index (χ0n) is 31.7. The number of nitrogens with zero attached hydrogens (tertiary/aromatic N) is 2. The Kier molecular flexibility index (Phi) is 15.2. The summed E-state index contributed by atoms with van der Waals surface area (Å²) < 4.78 is 32.9. The number of ether oxygens (including phenoxy) is 1. The molecular formula is C40H49Cl2N5O8S. The molecule has 5 unspecified atom stereocenters. The highest BCUT2D eigenvalue weighted by Gasteiger charge is 2.49. The van der Waals surface area contributed by atoms with Gasteiger partial charge in [0.05, 0.1) is 31.4 Å². The highest BCUT2D eigenvalue weighted by molar-refractivity contribution is 7.88. The summed E-state index contributed by atoms with van der Waals surface area (Å²) in [5, 5.41) is 4.35. The molecule has 2 aliphatic rings. The maximum absolute atomic E-state index is 14.5. The molecule has 5 rings (SSSR count). The number of amides is 2. The van der Waals surface area contributed by atoms with Crippen molar-refractivity contribution in [3.8, 4) is 0 Å². The minimum atomic E-state index is -3.64. The van der Waals surface area contributed by atoms with Crippen LogP contribution in [0.15, 0.2) is 71.9 Å². The summed E-state index contributed by atoms with van der Waals surface area (Å²) in [6.07, 6.45) is 6.61. The van der Waals surface area contributed by atoms with Crippen molar-refractivity contribution in [3.05, 3.63) is 105 Å². The van der Waals surface area contributed by atoms with Crippen molar-refractivity contribution in [2.75, 3.05) is 12.9 Å². The Morgan fingerprint density at radius 1 is 1.02 bits per heavy atom. The van der Waals surface area contributed by atoms with E-state index in [-0.39, 0.29) is 35.9 Å². The molecule has 0 spiro atoms. The summed E-state index contributed by atoms with van der Waals surface area (Å²) in [5.41, 5.74) is 11.0. The first-order chi connectivity index (χ1) is 26.8. The van der Waals surface area contributed by atoms with Crippen LogP contribution in [-0.2, 0) is 35.8 Å². The number of unbranched alkanes of at least 4 members (excludes halogenated alkanes) is 1. The molecule has 5 atom stereocenters. The van der Waals surface area contributed by atoms with Crippen LogP contribution >= 0.6 is 23.2 Å². The smallest absolute Gasteiger partial charge is 0.432 e. The lowest BCUT2D eigenvalue weighted by atomic mass is 9.76. The van der Waals surface area contributed by atoms with Gasteiger partial charge in [0.2, 0.25) is 10.0 Å². The fourth-order valence-electron chi connectivity index (χ4n) is 7.45. The predicted molar refractivity (Wildman–Crippen MR) is 214 cm³/mol. The molecule has 0 aromatic heterocycles. The third-order valence-electron chi connectivity index (χ3n) is 10.2. The Balaban J connectivity index is 1.36. The average molecular weight is 831 g/mol. The van der Waals surface area contributed by atoms with Gasteiger partial charge in [-0.05, 0) is 66.1 Å². The van der Waals surface area contributed by atoms with Crippen LogP contribution in [0.1, 0.15) is 110 Å². The Morgan fingerprint density at radius 2 is 1.79 bits per heavy atom. The van der Waals surface area contributed by atoms with Gasteiger partial charge in [0.25, 0.3) is 11.8 Å². The van der Waals surface area contributed by atoms with E-state index in [4.69, 9.17) is 43.3 Å². The van der Waals surface area contributed by atoms with E-state index < -0.39 is 46.1 Å². The normalized spacial score (nSPS) is 20.6. The third kappa shape index (κ3) is 11.0. The van der Waals surface area contributed by atoms with E-state index in [1.54, 1.807) is 71.6 Å². The van der Waals surface area contributed by atoms with Gasteiger partial charge in [-0.3, -0.25) is 19.3 Å². The molecule has 1 aliphatic carbocycles. The number of hydrogen-bond acceptors (Lipinski definition) is 9. The van der Waals surface area contributed by atoms with Gasteiger partial charge in [-0.25, -0.2) is 23.4 Å². The summed E-state index contributed by atoms with van der Waals surface area (Å²) in [4.78, 5) is 53.3. The maximum atomic E-state index is 14.5. The van der Waals surface area contributed by atoms with E-state index in [9.17, 15) is 22.8 Å². The molecule has 2 amide bonds. The molecule has 302 valence electrons. The van der Waals surface area contributed by atoms with Crippen molar-refractivity contribution >= 4 is 57.0 Å². The number of nitrogens with two attached hydrogens (primary N) is 1. The Labute approximate surface area is 338 Å². The van der Waals surface area contributed by atoms with E-state index in [1.807, 2.05) is 6.92 Å². The topological polar surface area (TPSA) is 179 Å². The lowest BCUT2D eigenvalue weighted by molar-refractivity contribution is -0.138. The standard InChI is InChI=1S/C40H49Cl2N5O8S/c1-4-6-12-25(5-2)23-53-40(50)55-44-37(43)27-14-11-13-26(21-27)24-54-45-38(48)35-29-15-7-8-16-30(29)39(49)47(36(35)31-20-19-28(41)22-32(31)42)34-18-10-9-17-33(34)46-56(3,51)52/h7-8,11,13-16,19-22,25,33-36,46H,4-6,9-10,12,17-18,23-24H2,1-3H3,(H2,43,44)(H,45,48). The molecule has 0 saturated heterocycles. The van der Waals surface area contributed by atoms with Crippen molar-refractivity contribution in [2.24, 2.45) is 16.8 Å². The number of oxime groups is 1. The van der Waals surface area contributed by atoms with Crippen LogP contribution in [0.2, 0.25) is 10.0 Å². The van der Waals surface area contributed by atoms with Crippen LogP contribution in [0, 0.1) is 5.92 Å². The van der Waals surface area contributed by atoms with Crippen LogP contribution < -0.4 is 15.9 Å². The zero-order chi connectivity index (χ0) is 40.4. The van der Waals surface area contributed by atoms with Gasteiger partial charge in [-0.15, -0.1) is 0 Å². The van der Waals surface area contributed by atoms with E-state index in [2.05, 4.69) is 22.3 Å². The number of halogens is 2. The number of nitrogens with one attached hydrogen (secondary N) is 2. The van der Waals surface area contributed by atoms with Gasteiger partial charge in [0.1, 0.15) is 0 Å². The summed E-state index contributed by atoms with van der Waals surface area (Å²) in [5.74, 6) is -1.75. The van der Waals surface area contributed by atoms with Crippen molar-refractivity contribution in [2.45, 2.75) is 95.9 Å². The molecule has 13 nitrogen and oxygen atoms in total. The molecule has 3 aromatic rings. The fourth-order valence-corrected chi connectivity index (χ4v) is 8.80. The number of carbonyl (C=O) groups is 3. The molecule has 16 heteroatoms. The second kappa shape index (κ2) is 19.8. The SMILES string of the molecule is CCCCC(CC)COC(=O)ON=C(N)c1cccc(CONC(=O)C2c3ccccc3C(=O)N(C3CCCCC3NS(C)(=O)=O)C2c2ccc(Cl)cc2Cl)c1. The van der Waals surface area contributed by atoms with E-state index in [1.165, 1.54) is 0 Å². The number of hydrogen-bond donors (Lipinski definition) is 3. The molecule has 3 aromatic carbocycles. The van der Waals surface area contributed by atoms with Crippen LogP contribution in [0.3, 0.4) is 0 Å². The Morgan fingerprint density at radius 3 is 2.52 bits per heavy atom. The predicted octanol–water partition coefficient (Wildman–Crippen LogP) is 7.37. The number of hydroxylamine groups is 1. The van der Waals surface area contributed by atoms with E-state index >= 15 is 0 Å². The van der Waals surface area contributed by atoms with Gasteiger partial charge in [-0.1, -0.05) is 117 Å². The number of benzene rings is 3. The first-order valence-electron chi connectivity index (χ1n) is 18.8. The number of fused-ring (bicyclic) bond motifs is 1. The van der Waals surface area contributed by atoms with Gasteiger partial charge in [-0.2, -0.15) is 0 Å².